The molecule has 0 aromatic rings. The van der Waals surface area contributed by atoms with Crippen molar-refractivity contribution in [3.05, 3.63) is 0 Å². The van der Waals surface area contributed by atoms with Gasteiger partial charge in [-0.25, -0.2) is 0 Å². The lowest BCUT2D eigenvalue weighted by molar-refractivity contribution is 0.345. The van der Waals surface area contributed by atoms with Crippen molar-refractivity contribution in [3.63, 3.8) is 0 Å². The third-order valence-electron chi connectivity index (χ3n) is 2.43. The molecule has 0 saturated heterocycles. The standard InChI is InChI=1S/C9H18ClN.ClH/c10-6-7-11-8-9-4-2-1-3-5-9;/h9,11H,1-8H2;1H. The Balaban J connectivity index is 0.00000121. The number of halogens is 2. The number of hydrogen-bond acceptors (Lipinski definition) is 1. The molecule has 1 aliphatic rings. The lowest BCUT2D eigenvalue weighted by Gasteiger charge is -2.21. The van der Waals surface area contributed by atoms with E-state index in [0.717, 1.165) is 18.3 Å². The van der Waals surface area contributed by atoms with E-state index in [1.165, 1.54) is 38.6 Å². The van der Waals surface area contributed by atoms with Gasteiger partial charge in [-0.15, -0.1) is 24.0 Å². The molecule has 1 aliphatic carbocycles. The largest absolute Gasteiger partial charge is 0.315 e. The van der Waals surface area contributed by atoms with Gasteiger partial charge in [-0.3, -0.25) is 0 Å². The van der Waals surface area contributed by atoms with Crippen LogP contribution in [0.25, 0.3) is 0 Å². The Labute approximate surface area is 86.7 Å². The minimum absolute atomic E-state index is 0. The molecule has 0 bridgehead atoms. The number of alkyl halides is 1. The van der Waals surface area contributed by atoms with Gasteiger partial charge in [-0.2, -0.15) is 0 Å². The monoisotopic (exact) mass is 211 g/mol. The molecule has 0 aromatic heterocycles. The molecule has 1 N–H and O–H groups in total. The molecule has 1 fully saturated rings. The maximum absolute atomic E-state index is 5.56. The van der Waals surface area contributed by atoms with Crippen molar-refractivity contribution in [3.8, 4) is 0 Å². The molecule has 0 aromatic carbocycles. The second-order valence-corrected chi connectivity index (χ2v) is 3.78. The van der Waals surface area contributed by atoms with Gasteiger partial charge in [0.05, 0.1) is 0 Å². The highest BCUT2D eigenvalue weighted by molar-refractivity contribution is 6.18. The summed E-state index contributed by atoms with van der Waals surface area (Å²) in [6, 6.07) is 0. The summed E-state index contributed by atoms with van der Waals surface area (Å²) in [5.41, 5.74) is 0. The normalized spacial score (nSPS) is 18.8. The van der Waals surface area contributed by atoms with Crippen molar-refractivity contribution in [2.45, 2.75) is 32.1 Å². The van der Waals surface area contributed by atoms with Crippen molar-refractivity contribution in [1.29, 1.82) is 0 Å². The van der Waals surface area contributed by atoms with Gasteiger partial charge in [0.1, 0.15) is 0 Å². The molecule has 3 heteroatoms. The first kappa shape index (κ1) is 12.5. The first-order valence-electron chi connectivity index (χ1n) is 4.70. The van der Waals surface area contributed by atoms with Gasteiger partial charge < -0.3 is 5.32 Å². The molecule has 0 heterocycles. The van der Waals surface area contributed by atoms with Crippen LogP contribution in [-0.2, 0) is 0 Å². The van der Waals surface area contributed by atoms with Gasteiger partial charge in [0, 0.05) is 12.4 Å². The fraction of sp³-hybridized carbons (Fsp3) is 1.00. The molecule has 74 valence electrons. The zero-order valence-corrected chi connectivity index (χ0v) is 9.09. The quantitative estimate of drug-likeness (QED) is 0.558. The Hall–Kier alpha value is 0.540. The molecular formula is C9H19Cl2N. The van der Waals surface area contributed by atoms with Crippen molar-refractivity contribution in [2.75, 3.05) is 19.0 Å². The predicted octanol–water partition coefficient (Wildman–Crippen LogP) is 2.82. The van der Waals surface area contributed by atoms with Crippen LogP contribution in [0, 0.1) is 5.92 Å². The summed E-state index contributed by atoms with van der Waals surface area (Å²) in [4.78, 5) is 0. The van der Waals surface area contributed by atoms with E-state index in [0.29, 0.717) is 0 Å². The summed E-state index contributed by atoms with van der Waals surface area (Å²) in [5, 5.41) is 3.37. The summed E-state index contributed by atoms with van der Waals surface area (Å²) in [6.45, 7) is 2.16. The van der Waals surface area contributed by atoms with Crippen LogP contribution in [0.5, 0.6) is 0 Å². The van der Waals surface area contributed by atoms with Crippen molar-refractivity contribution in [1.82, 2.24) is 5.32 Å². The van der Waals surface area contributed by atoms with E-state index < -0.39 is 0 Å². The van der Waals surface area contributed by atoms with E-state index in [4.69, 9.17) is 11.6 Å². The molecule has 1 rings (SSSR count). The van der Waals surface area contributed by atoms with Gasteiger partial charge in [0.25, 0.3) is 0 Å². The maximum atomic E-state index is 5.56. The minimum atomic E-state index is 0. The SMILES string of the molecule is Cl.ClCCNCC1CCCCC1. The van der Waals surface area contributed by atoms with Crippen molar-refractivity contribution in [2.24, 2.45) is 5.92 Å². The lowest BCUT2D eigenvalue weighted by atomic mass is 9.89. The molecule has 0 amide bonds. The van der Waals surface area contributed by atoms with Crippen LogP contribution in [0.1, 0.15) is 32.1 Å². The Kier molecular flexibility index (Phi) is 8.52. The average Bonchev–Trinajstić information content (AvgIpc) is 2.07. The topological polar surface area (TPSA) is 12.0 Å². The second-order valence-electron chi connectivity index (χ2n) is 3.40. The molecule has 1 saturated carbocycles. The highest BCUT2D eigenvalue weighted by atomic mass is 35.5. The Morgan fingerprint density at radius 1 is 1.17 bits per heavy atom. The maximum Gasteiger partial charge on any atom is 0.0348 e. The first-order valence-corrected chi connectivity index (χ1v) is 5.23. The van der Waals surface area contributed by atoms with Gasteiger partial charge in [-0.05, 0) is 25.3 Å². The van der Waals surface area contributed by atoms with Gasteiger partial charge in [0.2, 0.25) is 0 Å². The Morgan fingerprint density at radius 3 is 2.42 bits per heavy atom. The van der Waals surface area contributed by atoms with Gasteiger partial charge in [0.15, 0.2) is 0 Å². The fourth-order valence-electron chi connectivity index (χ4n) is 1.76. The summed E-state index contributed by atoms with van der Waals surface area (Å²) in [6.07, 6.45) is 7.18. The van der Waals surface area contributed by atoms with Crippen molar-refractivity contribution < 1.29 is 0 Å². The molecule has 0 unspecified atom stereocenters. The lowest BCUT2D eigenvalue weighted by Crippen LogP contribution is -2.25. The van der Waals surface area contributed by atoms with Crippen LogP contribution in [0.4, 0.5) is 0 Å². The molecule has 0 aliphatic heterocycles. The fourth-order valence-corrected chi connectivity index (χ4v) is 1.90. The number of hydrogen-bond donors (Lipinski definition) is 1. The summed E-state index contributed by atoms with van der Waals surface area (Å²) in [5.74, 6) is 1.68. The number of nitrogens with one attached hydrogen (secondary N) is 1. The van der Waals surface area contributed by atoms with Crippen LogP contribution in [-0.4, -0.2) is 19.0 Å². The van der Waals surface area contributed by atoms with E-state index in [-0.39, 0.29) is 12.4 Å². The summed E-state index contributed by atoms with van der Waals surface area (Å²) < 4.78 is 0. The zero-order chi connectivity index (χ0) is 7.94. The smallest absolute Gasteiger partial charge is 0.0348 e. The van der Waals surface area contributed by atoms with Gasteiger partial charge in [-0.1, -0.05) is 19.3 Å². The third kappa shape index (κ3) is 5.23. The van der Waals surface area contributed by atoms with E-state index in [1.807, 2.05) is 0 Å². The molecular weight excluding hydrogens is 193 g/mol. The van der Waals surface area contributed by atoms with E-state index in [9.17, 15) is 0 Å². The van der Waals surface area contributed by atoms with Crippen LogP contribution in [0.15, 0.2) is 0 Å². The summed E-state index contributed by atoms with van der Waals surface area (Å²) in [7, 11) is 0. The Morgan fingerprint density at radius 2 is 1.83 bits per heavy atom. The van der Waals surface area contributed by atoms with Gasteiger partial charge >= 0.3 is 0 Å². The molecule has 0 radical (unpaired) electrons. The van der Waals surface area contributed by atoms with Crippen molar-refractivity contribution >= 4 is 24.0 Å². The second kappa shape index (κ2) is 8.15. The predicted molar refractivity (Wildman–Crippen MR) is 57.4 cm³/mol. The molecule has 0 atom stereocenters. The highest BCUT2D eigenvalue weighted by Gasteiger charge is 2.11. The third-order valence-corrected chi connectivity index (χ3v) is 2.62. The van der Waals surface area contributed by atoms with Crippen LogP contribution in [0.3, 0.4) is 0 Å². The van der Waals surface area contributed by atoms with Crippen LogP contribution >= 0.6 is 24.0 Å². The van der Waals surface area contributed by atoms with E-state index in [1.54, 1.807) is 0 Å². The van der Waals surface area contributed by atoms with E-state index >= 15 is 0 Å². The van der Waals surface area contributed by atoms with Crippen LogP contribution < -0.4 is 5.32 Å². The molecule has 12 heavy (non-hydrogen) atoms. The zero-order valence-electron chi connectivity index (χ0n) is 7.52. The first-order chi connectivity index (χ1) is 5.43. The molecule has 0 spiro atoms. The average molecular weight is 212 g/mol. The highest BCUT2D eigenvalue weighted by Crippen LogP contribution is 2.22. The molecule has 1 nitrogen and oxygen atoms in total. The minimum Gasteiger partial charge on any atom is -0.315 e. The Bertz CT molecular complexity index is 92.5. The summed E-state index contributed by atoms with van der Waals surface area (Å²) >= 11 is 5.56. The number of rotatable bonds is 4. The van der Waals surface area contributed by atoms with E-state index in [2.05, 4.69) is 5.32 Å². The van der Waals surface area contributed by atoms with Crippen LogP contribution in [0.2, 0.25) is 0 Å².